The molecule has 0 spiro atoms. The third-order valence-corrected chi connectivity index (χ3v) is 3.78. The first-order valence-electron chi connectivity index (χ1n) is 5.51. The molecule has 1 rings (SSSR count). The second kappa shape index (κ2) is 5.97. The molecular weight excluding hydrogens is 254 g/mol. The van der Waals surface area contributed by atoms with E-state index in [1.807, 2.05) is 6.92 Å². The van der Waals surface area contributed by atoms with Crippen LogP contribution in [-0.2, 0) is 14.3 Å². The lowest BCUT2D eigenvalue weighted by molar-refractivity contribution is -0.136. The molecule has 0 aliphatic heterocycles. The van der Waals surface area contributed by atoms with Gasteiger partial charge in [-0.3, -0.25) is 4.79 Å². The summed E-state index contributed by atoms with van der Waals surface area (Å²) in [6, 6.07) is 1.67. The highest BCUT2D eigenvalue weighted by Gasteiger charge is 2.32. The summed E-state index contributed by atoms with van der Waals surface area (Å²) >= 11 is 1.22. The van der Waals surface area contributed by atoms with Crippen LogP contribution in [0.25, 0.3) is 0 Å². The van der Waals surface area contributed by atoms with Gasteiger partial charge < -0.3 is 14.8 Å². The first kappa shape index (κ1) is 14.7. The Labute approximate surface area is 110 Å². The average Bonchev–Trinajstić information content (AvgIpc) is 2.84. The van der Waals surface area contributed by atoms with Gasteiger partial charge in [-0.1, -0.05) is 6.92 Å². The molecule has 0 radical (unpaired) electrons. The van der Waals surface area contributed by atoms with E-state index >= 15 is 0 Å². The highest BCUT2D eigenvalue weighted by atomic mass is 32.1. The second-order valence-electron chi connectivity index (χ2n) is 3.90. The summed E-state index contributed by atoms with van der Waals surface area (Å²) in [7, 11) is 2.79. The Bertz CT molecular complexity index is 437. The normalized spacial score (nSPS) is 13.8. The molecular formula is C12H17NO4S. The molecule has 1 aromatic heterocycles. The van der Waals surface area contributed by atoms with Crippen LogP contribution in [0.3, 0.4) is 0 Å². The summed E-state index contributed by atoms with van der Waals surface area (Å²) in [6.07, 6.45) is 0.535. The fraction of sp³-hybridized carbons (Fsp3) is 0.500. The zero-order valence-electron chi connectivity index (χ0n) is 10.9. The van der Waals surface area contributed by atoms with Crippen molar-refractivity contribution in [3.8, 4) is 0 Å². The molecule has 1 unspecified atom stereocenters. The maximum atomic E-state index is 12.1. The molecule has 1 N–H and O–H groups in total. The van der Waals surface area contributed by atoms with E-state index in [1.54, 1.807) is 18.4 Å². The van der Waals surface area contributed by atoms with Crippen LogP contribution in [-0.4, -0.2) is 31.7 Å². The molecule has 0 fully saturated rings. The summed E-state index contributed by atoms with van der Waals surface area (Å²) in [6.45, 7) is 3.56. The Balaban J connectivity index is 2.89. The topological polar surface area (TPSA) is 64.6 Å². The average molecular weight is 271 g/mol. The first-order chi connectivity index (χ1) is 8.48. The number of ether oxygens (including phenoxy) is 2. The number of carbonyl (C=O) groups is 2. The maximum Gasteiger partial charge on any atom is 0.350 e. The maximum absolute atomic E-state index is 12.1. The first-order valence-corrected chi connectivity index (χ1v) is 6.39. The van der Waals surface area contributed by atoms with Gasteiger partial charge in [0.25, 0.3) is 5.91 Å². The van der Waals surface area contributed by atoms with Crippen molar-refractivity contribution in [2.24, 2.45) is 0 Å². The van der Waals surface area contributed by atoms with Gasteiger partial charge in [-0.2, -0.15) is 0 Å². The van der Waals surface area contributed by atoms with Gasteiger partial charge in [0.05, 0.1) is 12.8 Å². The fourth-order valence-corrected chi connectivity index (χ4v) is 2.08. The predicted molar refractivity (Wildman–Crippen MR) is 70.0 cm³/mol. The fourth-order valence-electron chi connectivity index (χ4n) is 1.31. The molecule has 0 saturated heterocycles. The lowest BCUT2D eigenvalue weighted by atomic mass is 10.0. The highest BCUT2D eigenvalue weighted by molar-refractivity contribution is 7.12. The van der Waals surface area contributed by atoms with Gasteiger partial charge in [-0.25, -0.2) is 4.79 Å². The van der Waals surface area contributed by atoms with Crippen molar-refractivity contribution in [2.45, 2.75) is 25.9 Å². The van der Waals surface area contributed by atoms with Crippen LogP contribution in [0, 0.1) is 0 Å². The molecule has 0 bridgehead atoms. The number of nitrogens with one attached hydrogen (secondary N) is 1. The SMILES string of the molecule is CCC(C)(OC)C(=O)Nc1ccsc1C(=O)OC. The van der Waals surface area contributed by atoms with Crippen LogP contribution in [0.2, 0.25) is 0 Å². The number of hydrogen-bond donors (Lipinski definition) is 1. The molecule has 18 heavy (non-hydrogen) atoms. The Morgan fingerprint density at radius 2 is 2.11 bits per heavy atom. The number of methoxy groups -OCH3 is 2. The number of esters is 1. The summed E-state index contributed by atoms with van der Waals surface area (Å²) < 4.78 is 9.84. The van der Waals surface area contributed by atoms with Crippen LogP contribution in [0.4, 0.5) is 5.69 Å². The van der Waals surface area contributed by atoms with E-state index in [0.29, 0.717) is 17.0 Å². The zero-order valence-corrected chi connectivity index (χ0v) is 11.7. The van der Waals surface area contributed by atoms with E-state index in [2.05, 4.69) is 10.1 Å². The minimum atomic E-state index is -0.907. The van der Waals surface area contributed by atoms with Crippen molar-refractivity contribution in [1.29, 1.82) is 0 Å². The lowest BCUT2D eigenvalue weighted by Crippen LogP contribution is -2.41. The monoisotopic (exact) mass is 271 g/mol. The van der Waals surface area contributed by atoms with Crippen molar-refractivity contribution in [1.82, 2.24) is 0 Å². The summed E-state index contributed by atoms with van der Waals surface area (Å²) in [5.74, 6) is -0.744. The second-order valence-corrected chi connectivity index (χ2v) is 4.81. The minimum absolute atomic E-state index is 0.281. The van der Waals surface area contributed by atoms with Gasteiger partial charge in [0.15, 0.2) is 0 Å². The quantitative estimate of drug-likeness (QED) is 0.834. The number of hydrogen-bond acceptors (Lipinski definition) is 5. The number of rotatable bonds is 5. The van der Waals surface area contributed by atoms with Crippen LogP contribution < -0.4 is 5.32 Å². The van der Waals surface area contributed by atoms with Crippen molar-refractivity contribution in [3.63, 3.8) is 0 Å². The summed E-state index contributed by atoms with van der Waals surface area (Å²) in [4.78, 5) is 23.9. The Morgan fingerprint density at radius 1 is 1.44 bits per heavy atom. The molecule has 0 saturated carbocycles. The van der Waals surface area contributed by atoms with Gasteiger partial charge >= 0.3 is 5.97 Å². The minimum Gasteiger partial charge on any atom is -0.465 e. The zero-order chi connectivity index (χ0) is 13.8. The Kier molecular flexibility index (Phi) is 4.86. The van der Waals surface area contributed by atoms with Crippen molar-refractivity contribution in [2.75, 3.05) is 19.5 Å². The molecule has 100 valence electrons. The van der Waals surface area contributed by atoms with E-state index < -0.39 is 11.6 Å². The van der Waals surface area contributed by atoms with Gasteiger partial charge in [-0.15, -0.1) is 11.3 Å². The number of amides is 1. The highest BCUT2D eigenvalue weighted by Crippen LogP contribution is 2.25. The lowest BCUT2D eigenvalue weighted by Gasteiger charge is -2.25. The molecule has 1 amide bonds. The number of carbonyl (C=O) groups excluding carboxylic acids is 2. The number of thiophene rings is 1. The third kappa shape index (κ3) is 2.88. The molecule has 0 aliphatic rings. The summed E-state index contributed by atoms with van der Waals surface area (Å²) in [5.41, 5.74) is -0.455. The number of anilines is 1. The van der Waals surface area contributed by atoms with E-state index in [1.165, 1.54) is 25.6 Å². The standard InChI is InChI=1S/C12H17NO4S/c1-5-12(2,17-4)11(15)13-8-6-7-18-9(8)10(14)16-3/h6-7H,5H2,1-4H3,(H,13,15). The van der Waals surface area contributed by atoms with Crippen LogP contribution in [0.1, 0.15) is 29.9 Å². The van der Waals surface area contributed by atoms with Gasteiger partial charge in [0.1, 0.15) is 10.5 Å². The van der Waals surface area contributed by atoms with Gasteiger partial charge in [0.2, 0.25) is 0 Å². The van der Waals surface area contributed by atoms with E-state index in [9.17, 15) is 9.59 Å². The predicted octanol–water partition coefficient (Wildman–Crippen LogP) is 2.29. The molecule has 1 heterocycles. The molecule has 1 atom stereocenters. The third-order valence-electron chi connectivity index (χ3n) is 2.89. The molecule has 5 nitrogen and oxygen atoms in total. The van der Waals surface area contributed by atoms with E-state index in [-0.39, 0.29) is 5.91 Å². The van der Waals surface area contributed by atoms with Crippen LogP contribution in [0.5, 0.6) is 0 Å². The largest absolute Gasteiger partial charge is 0.465 e. The van der Waals surface area contributed by atoms with E-state index in [0.717, 1.165) is 0 Å². The van der Waals surface area contributed by atoms with Crippen LogP contribution >= 0.6 is 11.3 Å². The van der Waals surface area contributed by atoms with Crippen molar-refractivity contribution in [3.05, 3.63) is 16.3 Å². The molecule has 0 aliphatic carbocycles. The van der Waals surface area contributed by atoms with Crippen molar-refractivity contribution >= 4 is 28.9 Å². The Hall–Kier alpha value is -1.40. The summed E-state index contributed by atoms with van der Waals surface area (Å²) in [5, 5.41) is 4.41. The smallest absolute Gasteiger partial charge is 0.350 e. The van der Waals surface area contributed by atoms with Crippen LogP contribution in [0.15, 0.2) is 11.4 Å². The van der Waals surface area contributed by atoms with E-state index in [4.69, 9.17) is 4.74 Å². The molecule has 1 aromatic rings. The molecule has 0 aromatic carbocycles. The van der Waals surface area contributed by atoms with Crippen molar-refractivity contribution < 1.29 is 19.1 Å². The Morgan fingerprint density at radius 3 is 2.61 bits per heavy atom. The molecule has 6 heteroatoms. The van der Waals surface area contributed by atoms with Gasteiger partial charge in [0, 0.05) is 7.11 Å². The van der Waals surface area contributed by atoms with Gasteiger partial charge in [-0.05, 0) is 24.8 Å².